The van der Waals surface area contributed by atoms with E-state index in [2.05, 4.69) is 10.6 Å². The van der Waals surface area contributed by atoms with Crippen molar-refractivity contribution in [3.8, 4) is 0 Å². The normalized spacial score (nSPS) is 13.8. The Morgan fingerprint density at radius 3 is 1.90 bits per heavy atom. The van der Waals surface area contributed by atoms with Crippen LogP contribution in [0.2, 0.25) is 10.0 Å². The van der Waals surface area contributed by atoms with Crippen LogP contribution in [0.3, 0.4) is 0 Å². The van der Waals surface area contributed by atoms with Gasteiger partial charge < -0.3 is 20.5 Å². The second-order valence-corrected chi connectivity index (χ2v) is 7.44. The van der Waals surface area contributed by atoms with Crippen molar-refractivity contribution in [3.63, 3.8) is 0 Å². The highest BCUT2D eigenvalue weighted by molar-refractivity contribution is 6.31. The van der Waals surface area contributed by atoms with E-state index < -0.39 is 11.9 Å². The maximum atomic E-state index is 12.6. The van der Waals surface area contributed by atoms with E-state index in [1.54, 1.807) is 55.5 Å². The molecule has 0 fully saturated rings. The van der Waals surface area contributed by atoms with Crippen LogP contribution in [0.1, 0.15) is 19.8 Å². The number of aliphatic carboxylic acids is 1. The van der Waals surface area contributed by atoms with E-state index in [4.69, 9.17) is 27.9 Å². The van der Waals surface area contributed by atoms with E-state index in [1.165, 1.54) is 0 Å². The molecule has 0 bridgehead atoms. The van der Waals surface area contributed by atoms with Crippen molar-refractivity contribution in [2.45, 2.75) is 19.8 Å². The van der Waals surface area contributed by atoms with Gasteiger partial charge in [-0.15, -0.1) is 0 Å². The molecule has 0 radical (unpaired) electrons. The fourth-order valence-electron chi connectivity index (χ4n) is 3.12. The van der Waals surface area contributed by atoms with Gasteiger partial charge in [-0.3, -0.25) is 0 Å². The fourth-order valence-corrected chi connectivity index (χ4v) is 3.50. The maximum absolute atomic E-state index is 12.6. The largest absolute Gasteiger partial charge is 0.478 e. The molecule has 3 rings (SSSR count). The quantitative estimate of drug-likeness (QED) is 0.488. The third-order valence-electron chi connectivity index (χ3n) is 4.46. The third kappa shape index (κ3) is 5.34. The number of hydrogen-bond acceptors (Lipinski definition) is 5. The van der Waals surface area contributed by atoms with Gasteiger partial charge in [0.15, 0.2) is 0 Å². The number of anilines is 2. The van der Waals surface area contributed by atoms with Crippen LogP contribution >= 0.6 is 23.2 Å². The van der Waals surface area contributed by atoms with Gasteiger partial charge >= 0.3 is 11.9 Å². The molecule has 1 aliphatic rings. The Kier molecular flexibility index (Phi) is 7.03. The zero-order valence-electron chi connectivity index (χ0n) is 16.2. The number of carboxylic acids is 1. The lowest BCUT2D eigenvalue weighted by atomic mass is 9.92. The predicted molar refractivity (Wildman–Crippen MR) is 118 cm³/mol. The second kappa shape index (κ2) is 9.69. The van der Waals surface area contributed by atoms with Crippen molar-refractivity contribution in [3.05, 3.63) is 81.1 Å². The zero-order valence-corrected chi connectivity index (χ0v) is 17.7. The van der Waals surface area contributed by atoms with Crippen molar-refractivity contribution < 1.29 is 19.4 Å². The van der Waals surface area contributed by atoms with Crippen LogP contribution in [-0.4, -0.2) is 23.7 Å². The Bertz CT molecular complexity index is 1050. The smallest absolute Gasteiger partial charge is 0.336 e. The molecule has 1 aliphatic carbocycles. The first-order valence-electron chi connectivity index (χ1n) is 9.27. The number of nitrogens with one attached hydrogen (secondary N) is 2. The number of esters is 1. The average Bonchev–Trinajstić information content (AvgIpc) is 2.69. The Morgan fingerprint density at radius 2 is 1.43 bits per heavy atom. The molecule has 0 saturated heterocycles. The van der Waals surface area contributed by atoms with Gasteiger partial charge in [-0.05, 0) is 43.3 Å². The van der Waals surface area contributed by atoms with Gasteiger partial charge in [-0.2, -0.15) is 0 Å². The van der Waals surface area contributed by atoms with Gasteiger partial charge in [0.1, 0.15) is 0 Å². The molecule has 0 aromatic heterocycles. The minimum atomic E-state index is -1.08. The van der Waals surface area contributed by atoms with Crippen LogP contribution in [0.4, 0.5) is 11.4 Å². The standard InChI is InChI=1S/C22H20Cl2N2O4/c1-2-30-22(29)18-12-19(25-15-7-3-5-13(23)9-15)17(21(27)28)11-20(18)26-16-8-4-6-14(24)10-16/h3-10,25-26H,2,11-12H2,1H3,(H,27,28). The summed E-state index contributed by atoms with van der Waals surface area (Å²) in [6.07, 6.45) is 0.0781. The summed E-state index contributed by atoms with van der Waals surface area (Å²) < 4.78 is 5.20. The molecule has 0 aliphatic heterocycles. The van der Waals surface area contributed by atoms with E-state index in [9.17, 15) is 14.7 Å². The van der Waals surface area contributed by atoms with Gasteiger partial charge in [-0.1, -0.05) is 35.3 Å². The number of allylic oxidation sites excluding steroid dienone is 2. The van der Waals surface area contributed by atoms with Gasteiger partial charge in [0.25, 0.3) is 0 Å². The SMILES string of the molecule is CCOC(=O)C1=C(Nc2cccc(Cl)c2)CC(C(=O)O)=C(Nc2cccc(Cl)c2)C1. The Balaban J connectivity index is 1.97. The van der Waals surface area contributed by atoms with Crippen LogP contribution in [0.15, 0.2) is 71.1 Å². The van der Waals surface area contributed by atoms with Crippen LogP contribution in [0.5, 0.6) is 0 Å². The van der Waals surface area contributed by atoms with Crippen LogP contribution in [0, 0.1) is 0 Å². The molecule has 0 unspecified atom stereocenters. The topological polar surface area (TPSA) is 87.7 Å². The third-order valence-corrected chi connectivity index (χ3v) is 4.93. The maximum Gasteiger partial charge on any atom is 0.336 e. The molecule has 0 heterocycles. The number of hydrogen-bond donors (Lipinski definition) is 3. The summed E-state index contributed by atoms with van der Waals surface area (Å²) in [5.74, 6) is -1.58. The summed E-state index contributed by atoms with van der Waals surface area (Å²) in [5, 5.41) is 17.1. The van der Waals surface area contributed by atoms with Crippen LogP contribution in [0.25, 0.3) is 0 Å². The molecule has 6 nitrogen and oxygen atoms in total. The molecule has 8 heteroatoms. The molecule has 156 valence electrons. The van der Waals surface area contributed by atoms with Crippen LogP contribution < -0.4 is 10.6 Å². The van der Waals surface area contributed by atoms with E-state index in [0.717, 1.165) is 0 Å². The molecule has 2 aromatic carbocycles. The average molecular weight is 447 g/mol. The van der Waals surface area contributed by atoms with Crippen molar-refractivity contribution in [1.82, 2.24) is 0 Å². The van der Waals surface area contributed by atoms with Gasteiger partial charge in [0, 0.05) is 45.7 Å². The Labute approximate surface area is 184 Å². The van der Waals surface area contributed by atoms with Gasteiger partial charge in [-0.25, -0.2) is 9.59 Å². The minimum Gasteiger partial charge on any atom is -0.478 e. The second-order valence-electron chi connectivity index (χ2n) is 6.56. The summed E-state index contributed by atoms with van der Waals surface area (Å²) in [5.41, 5.74) is 2.65. The van der Waals surface area contributed by atoms with E-state index in [1.807, 2.05) is 0 Å². The predicted octanol–water partition coefficient (Wildman–Crippen LogP) is 5.47. The number of ether oxygens (including phenoxy) is 1. The summed E-state index contributed by atoms with van der Waals surface area (Å²) in [4.78, 5) is 24.6. The summed E-state index contributed by atoms with van der Waals surface area (Å²) in [6.45, 7) is 1.92. The van der Waals surface area contributed by atoms with Crippen molar-refractivity contribution in [1.29, 1.82) is 0 Å². The lowest BCUT2D eigenvalue weighted by Gasteiger charge is -2.25. The van der Waals surface area contributed by atoms with Gasteiger partial charge in [0.05, 0.1) is 17.8 Å². The highest BCUT2D eigenvalue weighted by atomic mass is 35.5. The number of carboxylic acid groups (broad SMARTS) is 1. The summed E-state index contributed by atoms with van der Waals surface area (Å²) >= 11 is 12.1. The molecular weight excluding hydrogens is 427 g/mol. The molecule has 0 saturated carbocycles. The van der Waals surface area contributed by atoms with Crippen LogP contribution in [-0.2, 0) is 14.3 Å². The Hall–Kier alpha value is -2.96. The van der Waals surface area contributed by atoms with E-state index in [0.29, 0.717) is 38.4 Å². The van der Waals surface area contributed by atoms with E-state index in [-0.39, 0.29) is 25.0 Å². The lowest BCUT2D eigenvalue weighted by molar-refractivity contribution is -0.139. The minimum absolute atomic E-state index is 0.0128. The summed E-state index contributed by atoms with van der Waals surface area (Å²) in [7, 11) is 0. The van der Waals surface area contributed by atoms with E-state index >= 15 is 0 Å². The summed E-state index contributed by atoms with van der Waals surface area (Å²) in [6, 6.07) is 13.9. The molecular formula is C22H20Cl2N2O4. The number of carbonyl (C=O) groups excluding carboxylic acids is 1. The van der Waals surface area contributed by atoms with Crippen molar-refractivity contribution in [2.24, 2.45) is 0 Å². The fraction of sp³-hybridized carbons (Fsp3) is 0.182. The molecule has 0 atom stereocenters. The molecule has 30 heavy (non-hydrogen) atoms. The zero-order chi connectivity index (χ0) is 21.7. The van der Waals surface area contributed by atoms with Crippen molar-refractivity contribution in [2.75, 3.05) is 17.2 Å². The first-order chi connectivity index (χ1) is 14.4. The number of benzene rings is 2. The number of carbonyl (C=O) groups is 2. The number of rotatable bonds is 7. The molecule has 0 amide bonds. The lowest BCUT2D eigenvalue weighted by Crippen LogP contribution is -2.24. The number of halogens is 2. The molecule has 2 aromatic rings. The highest BCUT2D eigenvalue weighted by Crippen LogP contribution is 2.33. The molecule has 0 spiro atoms. The monoisotopic (exact) mass is 446 g/mol. The Morgan fingerprint density at radius 1 is 0.933 bits per heavy atom. The highest BCUT2D eigenvalue weighted by Gasteiger charge is 2.29. The first-order valence-corrected chi connectivity index (χ1v) is 10.0. The molecule has 3 N–H and O–H groups in total. The first kappa shape index (κ1) is 21.7. The van der Waals surface area contributed by atoms with Gasteiger partial charge in [0.2, 0.25) is 0 Å². The van der Waals surface area contributed by atoms with Crippen molar-refractivity contribution >= 4 is 46.5 Å².